The van der Waals surface area contributed by atoms with Crippen molar-refractivity contribution in [2.45, 2.75) is 12.2 Å². The van der Waals surface area contributed by atoms with Crippen LogP contribution in [-0.4, -0.2) is 28.2 Å². The Kier molecular flexibility index (Phi) is 5.75. The maximum atomic E-state index is 11.6. The lowest BCUT2D eigenvalue weighted by molar-refractivity contribution is -0.118. The SMILES string of the molecule is O=C(CSCc1ccc(Cl)s1)NCCc1cnc[nH]1. The molecule has 2 aromatic heterocycles. The van der Waals surface area contributed by atoms with Gasteiger partial charge in [-0.25, -0.2) is 4.98 Å². The molecule has 0 saturated carbocycles. The number of aromatic amines is 1. The van der Waals surface area contributed by atoms with E-state index in [-0.39, 0.29) is 5.91 Å². The predicted molar refractivity (Wildman–Crippen MR) is 80.8 cm³/mol. The van der Waals surface area contributed by atoms with Crippen molar-refractivity contribution in [1.82, 2.24) is 15.3 Å². The van der Waals surface area contributed by atoms with Crippen molar-refractivity contribution >= 4 is 40.6 Å². The summed E-state index contributed by atoms with van der Waals surface area (Å²) >= 11 is 8.99. The van der Waals surface area contributed by atoms with Crippen LogP contribution >= 0.6 is 34.7 Å². The lowest BCUT2D eigenvalue weighted by Crippen LogP contribution is -2.27. The number of rotatable bonds is 7. The Bertz CT molecular complexity index is 513. The zero-order chi connectivity index (χ0) is 13.5. The molecule has 0 fully saturated rings. The van der Waals surface area contributed by atoms with E-state index in [0.717, 1.165) is 22.2 Å². The van der Waals surface area contributed by atoms with E-state index in [1.54, 1.807) is 35.6 Å². The monoisotopic (exact) mass is 315 g/mol. The number of carbonyl (C=O) groups is 1. The van der Waals surface area contributed by atoms with Crippen LogP contribution in [0, 0.1) is 0 Å². The molecule has 2 rings (SSSR count). The largest absolute Gasteiger partial charge is 0.355 e. The number of nitrogens with one attached hydrogen (secondary N) is 2. The maximum absolute atomic E-state index is 11.6. The van der Waals surface area contributed by atoms with Crippen molar-refractivity contribution in [3.05, 3.63) is 39.6 Å². The van der Waals surface area contributed by atoms with E-state index in [1.807, 2.05) is 12.1 Å². The van der Waals surface area contributed by atoms with Gasteiger partial charge >= 0.3 is 0 Å². The Morgan fingerprint density at radius 3 is 3.11 bits per heavy atom. The average molecular weight is 316 g/mol. The number of hydrogen-bond donors (Lipinski definition) is 2. The number of thioether (sulfide) groups is 1. The summed E-state index contributed by atoms with van der Waals surface area (Å²) in [6.45, 7) is 0.631. The zero-order valence-corrected chi connectivity index (χ0v) is 12.6. The first kappa shape index (κ1) is 14.4. The second kappa shape index (κ2) is 7.57. The van der Waals surface area contributed by atoms with E-state index in [1.165, 1.54) is 4.88 Å². The molecule has 0 saturated heterocycles. The van der Waals surface area contributed by atoms with E-state index < -0.39 is 0 Å². The minimum atomic E-state index is 0.0622. The predicted octanol–water partition coefficient (Wildman–Crippen LogP) is 2.72. The third kappa shape index (κ3) is 5.26. The first-order chi connectivity index (χ1) is 9.24. The number of H-pyrrole nitrogens is 1. The molecule has 2 aromatic rings. The number of carbonyl (C=O) groups excluding carboxylic acids is 1. The molecule has 0 unspecified atom stereocenters. The van der Waals surface area contributed by atoms with Crippen LogP contribution in [0.4, 0.5) is 0 Å². The first-order valence-electron chi connectivity index (χ1n) is 5.80. The minimum absolute atomic E-state index is 0.0622. The third-order valence-corrected chi connectivity index (χ3v) is 4.77. The number of halogens is 1. The Morgan fingerprint density at radius 2 is 2.42 bits per heavy atom. The lowest BCUT2D eigenvalue weighted by atomic mass is 10.3. The molecule has 1 amide bonds. The van der Waals surface area contributed by atoms with Crippen LogP contribution in [0.5, 0.6) is 0 Å². The molecule has 2 heterocycles. The van der Waals surface area contributed by atoms with Gasteiger partial charge < -0.3 is 10.3 Å². The van der Waals surface area contributed by atoms with Gasteiger partial charge in [-0.2, -0.15) is 0 Å². The highest BCUT2D eigenvalue weighted by Crippen LogP contribution is 2.24. The van der Waals surface area contributed by atoms with Gasteiger partial charge in [0.25, 0.3) is 0 Å². The van der Waals surface area contributed by atoms with Crippen molar-refractivity contribution in [2.24, 2.45) is 0 Å². The van der Waals surface area contributed by atoms with Gasteiger partial charge in [0.05, 0.1) is 16.4 Å². The standard InChI is InChI=1S/C12H14ClN3OS2/c13-11-2-1-10(19-11)6-18-7-12(17)15-4-3-9-5-14-8-16-9/h1-2,5,8H,3-4,6-7H2,(H,14,16)(H,15,17). The highest BCUT2D eigenvalue weighted by atomic mass is 35.5. The summed E-state index contributed by atoms with van der Waals surface area (Å²) in [6, 6.07) is 3.88. The van der Waals surface area contributed by atoms with Crippen molar-refractivity contribution in [3.8, 4) is 0 Å². The van der Waals surface area contributed by atoms with E-state index in [4.69, 9.17) is 11.6 Å². The van der Waals surface area contributed by atoms with Gasteiger partial charge in [-0.05, 0) is 12.1 Å². The number of imidazole rings is 1. The van der Waals surface area contributed by atoms with Crippen molar-refractivity contribution in [1.29, 1.82) is 0 Å². The molecule has 0 atom stereocenters. The van der Waals surface area contributed by atoms with Gasteiger partial charge in [0.2, 0.25) is 5.91 Å². The fourth-order valence-electron chi connectivity index (χ4n) is 1.48. The summed E-state index contributed by atoms with van der Waals surface area (Å²) in [5.74, 6) is 1.36. The lowest BCUT2D eigenvalue weighted by Gasteiger charge is -2.03. The second-order valence-corrected chi connectivity index (χ2v) is 6.66. The summed E-state index contributed by atoms with van der Waals surface area (Å²) < 4.78 is 0.791. The average Bonchev–Trinajstić information content (AvgIpc) is 3.01. The molecule has 0 aliphatic carbocycles. The van der Waals surface area contributed by atoms with Gasteiger partial charge in [-0.3, -0.25) is 4.79 Å². The third-order valence-electron chi connectivity index (χ3n) is 2.38. The Morgan fingerprint density at radius 1 is 1.53 bits per heavy atom. The summed E-state index contributed by atoms with van der Waals surface area (Å²) in [7, 11) is 0. The summed E-state index contributed by atoms with van der Waals surface area (Å²) in [5, 5.41) is 2.88. The molecule has 4 nitrogen and oxygen atoms in total. The van der Waals surface area contributed by atoms with Crippen LogP contribution in [0.15, 0.2) is 24.7 Å². The fourth-order valence-corrected chi connectivity index (χ4v) is 3.54. The van der Waals surface area contributed by atoms with E-state index >= 15 is 0 Å². The summed E-state index contributed by atoms with van der Waals surface area (Å²) in [4.78, 5) is 19.7. The van der Waals surface area contributed by atoms with Gasteiger partial charge in [0, 0.05) is 35.5 Å². The number of thiophene rings is 1. The molecule has 2 N–H and O–H groups in total. The highest BCUT2D eigenvalue weighted by Gasteiger charge is 2.03. The highest BCUT2D eigenvalue weighted by molar-refractivity contribution is 7.99. The molecule has 0 aliphatic rings. The Hall–Kier alpha value is -0.980. The van der Waals surface area contributed by atoms with Crippen molar-refractivity contribution < 1.29 is 4.79 Å². The molecule has 19 heavy (non-hydrogen) atoms. The van der Waals surface area contributed by atoms with Gasteiger partial charge in [-0.15, -0.1) is 23.1 Å². The zero-order valence-electron chi connectivity index (χ0n) is 10.2. The topological polar surface area (TPSA) is 57.8 Å². The first-order valence-corrected chi connectivity index (χ1v) is 8.15. The minimum Gasteiger partial charge on any atom is -0.355 e. The Labute approximate surface area is 125 Å². The van der Waals surface area contributed by atoms with Crippen molar-refractivity contribution in [3.63, 3.8) is 0 Å². The van der Waals surface area contributed by atoms with Gasteiger partial charge in [-0.1, -0.05) is 11.6 Å². The molecular formula is C12H14ClN3OS2. The van der Waals surface area contributed by atoms with E-state index in [2.05, 4.69) is 15.3 Å². The number of amides is 1. The van der Waals surface area contributed by atoms with Crippen LogP contribution in [0.2, 0.25) is 4.34 Å². The van der Waals surface area contributed by atoms with E-state index in [0.29, 0.717) is 12.3 Å². The molecular weight excluding hydrogens is 302 g/mol. The van der Waals surface area contributed by atoms with Crippen LogP contribution in [0.3, 0.4) is 0 Å². The van der Waals surface area contributed by atoms with Crippen molar-refractivity contribution in [2.75, 3.05) is 12.3 Å². The van der Waals surface area contributed by atoms with Crippen LogP contribution < -0.4 is 5.32 Å². The molecule has 102 valence electrons. The fraction of sp³-hybridized carbons (Fsp3) is 0.333. The van der Waals surface area contributed by atoms with Gasteiger partial charge in [0.15, 0.2) is 0 Å². The molecule has 7 heteroatoms. The number of hydrogen-bond acceptors (Lipinski definition) is 4. The van der Waals surface area contributed by atoms with Crippen LogP contribution in [-0.2, 0) is 17.0 Å². The smallest absolute Gasteiger partial charge is 0.230 e. The Balaban J connectivity index is 1.57. The molecule has 0 bridgehead atoms. The molecule has 0 aliphatic heterocycles. The molecule has 0 spiro atoms. The summed E-state index contributed by atoms with van der Waals surface area (Å²) in [6.07, 6.45) is 4.18. The normalized spacial score (nSPS) is 10.6. The maximum Gasteiger partial charge on any atom is 0.230 e. The van der Waals surface area contributed by atoms with Crippen LogP contribution in [0.25, 0.3) is 0 Å². The van der Waals surface area contributed by atoms with Gasteiger partial charge in [0.1, 0.15) is 0 Å². The second-order valence-electron chi connectivity index (χ2n) is 3.88. The van der Waals surface area contributed by atoms with Crippen LogP contribution in [0.1, 0.15) is 10.6 Å². The molecule has 0 aromatic carbocycles. The number of aromatic nitrogens is 2. The number of nitrogens with zero attached hydrogens (tertiary/aromatic N) is 1. The quantitative estimate of drug-likeness (QED) is 0.826. The molecule has 0 radical (unpaired) electrons. The van der Waals surface area contributed by atoms with E-state index in [9.17, 15) is 4.79 Å². The summed E-state index contributed by atoms with van der Waals surface area (Å²) in [5.41, 5.74) is 1.03.